The molecule has 4 nitrogen and oxygen atoms in total. The fourth-order valence-corrected chi connectivity index (χ4v) is 5.45. The molecule has 1 atom stereocenters. The molecule has 2 N–H and O–H groups in total. The third-order valence-electron chi connectivity index (χ3n) is 6.02. The van der Waals surface area contributed by atoms with Crippen LogP contribution < -0.4 is 10.2 Å². The normalized spacial score (nSPS) is 15.9. The number of hydrogen-bond donors (Lipinski definition) is 2. The van der Waals surface area contributed by atoms with Crippen LogP contribution in [0.5, 0.6) is 0 Å². The van der Waals surface area contributed by atoms with Crippen molar-refractivity contribution in [3.05, 3.63) is 70.6 Å². The van der Waals surface area contributed by atoms with Gasteiger partial charge in [-0.2, -0.15) is 0 Å². The molecule has 0 aliphatic carbocycles. The molecule has 5 rings (SSSR count). The lowest BCUT2D eigenvalue weighted by molar-refractivity contribution is -0.918. The number of carbonyl (C=O) groups is 1. The number of benzene rings is 2. The molecule has 2 aromatic carbocycles. The number of carbonyl (C=O) groups excluding carboxylic acids is 1. The molecule has 0 saturated carbocycles. The Morgan fingerprint density at radius 2 is 1.97 bits per heavy atom. The number of quaternary nitrogens is 1. The first-order chi connectivity index (χ1) is 14.3. The third-order valence-corrected chi connectivity index (χ3v) is 7.01. The molecular weight excluding hydrogens is 380 g/mol. The van der Waals surface area contributed by atoms with Crippen LogP contribution in [0.4, 0.5) is 0 Å². The van der Waals surface area contributed by atoms with Gasteiger partial charge in [0.15, 0.2) is 0 Å². The third kappa shape index (κ3) is 3.68. The monoisotopic (exact) mass is 405 g/mol. The van der Waals surface area contributed by atoms with Crippen LogP contribution in [0, 0.1) is 0 Å². The number of nitrogens with one attached hydrogen (secondary N) is 2. The Morgan fingerprint density at radius 1 is 1.10 bits per heavy atom. The van der Waals surface area contributed by atoms with Crippen molar-refractivity contribution in [3.63, 3.8) is 0 Å². The van der Waals surface area contributed by atoms with Gasteiger partial charge in [-0.05, 0) is 28.3 Å². The summed E-state index contributed by atoms with van der Waals surface area (Å²) in [7, 11) is 0. The highest BCUT2D eigenvalue weighted by molar-refractivity contribution is 7.10. The van der Waals surface area contributed by atoms with Gasteiger partial charge in [0.2, 0.25) is 5.91 Å². The maximum absolute atomic E-state index is 12.8. The van der Waals surface area contributed by atoms with E-state index >= 15 is 0 Å². The average molecular weight is 406 g/mol. The second kappa shape index (κ2) is 8.01. The lowest BCUT2D eigenvalue weighted by atomic mass is 10.0. The largest absolute Gasteiger partial charge is 0.464 e. The van der Waals surface area contributed by atoms with Gasteiger partial charge in [0.1, 0.15) is 11.6 Å². The van der Waals surface area contributed by atoms with E-state index in [0.29, 0.717) is 19.0 Å². The lowest BCUT2D eigenvalue weighted by Crippen LogP contribution is -3.11. The summed E-state index contributed by atoms with van der Waals surface area (Å²) in [6.45, 7) is 3.07. The summed E-state index contributed by atoms with van der Waals surface area (Å²) in [5.74, 6) is 0.0563. The molecule has 29 heavy (non-hydrogen) atoms. The van der Waals surface area contributed by atoms with Crippen LogP contribution >= 0.6 is 11.3 Å². The zero-order valence-electron chi connectivity index (χ0n) is 16.3. The van der Waals surface area contributed by atoms with Gasteiger partial charge in [0, 0.05) is 23.8 Å². The minimum atomic E-state index is 0.0563. The van der Waals surface area contributed by atoms with Gasteiger partial charge in [0.25, 0.3) is 0 Å². The predicted octanol–water partition coefficient (Wildman–Crippen LogP) is 3.73. The molecule has 148 valence electrons. The molecule has 0 spiro atoms. The zero-order valence-corrected chi connectivity index (χ0v) is 17.1. The minimum Gasteiger partial charge on any atom is -0.464 e. The summed E-state index contributed by atoms with van der Waals surface area (Å²) in [6, 6.07) is 17.0. The van der Waals surface area contributed by atoms with Crippen LogP contribution in [0.3, 0.4) is 0 Å². The summed E-state index contributed by atoms with van der Waals surface area (Å²) in [6.07, 6.45) is 4.63. The molecule has 1 saturated heterocycles. The van der Waals surface area contributed by atoms with Gasteiger partial charge in [-0.15, -0.1) is 11.3 Å². The summed E-state index contributed by atoms with van der Waals surface area (Å²) in [5.41, 5.74) is 1.79. The summed E-state index contributed by atoms with van der Waals surface area (Å²) in [5, 5.41) is 8.69. The van der Waals surface area contributed by atoms with Gasteiger partial charge in [0.05, 0.1) is 37.2 Å². The van der Waals surface area contributed by atoms with Crippen molar-refractivity contribution >= 4 is 39.0 Å². The predicted molar refractivity (Wildman–Crippen MR) is 117 cm³/mol. The smallest absolute Gasteiger partial charge is 0.224 e. The molecule has 3 heterocycles. The van der Waals surface area contributed by atoms with Crippen molar-refractivity contribution in [2.75, 3.05) is 19.6 Å². The van der Waals surface area contributed by atoms with E-state index in [1.165, 1.54) is 36.2 Å². The van der Waals surface area contributed by atoms with E-state index in [-0.39, 0.29) is 5.91 Å². The quantitative estimate of drug-likeness (QED) is 0.514. The van der Waals surface area contributed by atoms with Crippen LogP contribution in [-0.4, -0.2) is 25.5 Å². The molecule has 5 heteroatoms. The first-order valence-electron chi connectivity index (χ1n) is 10.3. The Kier molecular flexibility index (Phi) is 5.08. The molecule has 0 unspecified atom stereocenters. The highest BCUT2D eigenvalue weighted by atomic mass is 32.1. The number of thiophene rings is 1. The second-order valence-corrected chi connectivity index (χ2v) is 8.81. The SMILES string of the molecule is O=C(Cc1coc2ccc3ccccc3c12)NC[C@@H](c1cccs1)[NH+]1CCCC1. The van der Waals surface area contributed by atoms with Gasteiger partial charge in [-0.1, -0.05) is 36.4 Å². The minimum absolute atomic E-state index is 0.0563. The highest BCUT2D eigenvalue weighted by Gasteiger charge is 2.28. The fourth-order valence-electron chi connectivity index (χ4n) is 4.57. The van der Waals surface area contributed by atoms with Gasteiger partial charge in [-0.25, -0.2) is 0 Å². The van der Waals surface area contributed by atoms with Gasteiger partial charge < -0.3 is 14.6 Å². The first-order valence-corrected chi connectivity index (χ1v) is 11.2. The van der Waals surface area contributed by atoms with E-state index in [4.69, 9.17) is 4.42 Å². The fraction of sp³-hybridized carbons (Fsp3) is 0.292. The van der Waals surface area contributed by atoms with E-state index in [1.54, 1.807) is 22.5 Å². The summed E-state index contributed by atoms with van der Waals surface area (Å²) in [4.78, 5) is 15.8. The van der Waals surface area contributed by atoms with Crippen molar-refractivity contribution in [1.29, 1.82) is 0 Å². The molecule has 0 radical (unpaired) electrons. The molecule has 1 aliphatic heterocycles. The summed E-state index contributed by atoms with van der Waals surface area (Å²) < 4.78 is 5.74. The number of hydrogen-bond acceptors (Lipinski definition) is 3. The van der Waals surface area contributed by atoms with Gasteiger partial charge >= 0.3 is 0 Å². The van der Waals surface area contributed by atoms with Crippen molar-refractivity contribution in [3.8, 4) is 0 Å². The van der Waals surface area contributed by atoms with Crippen molar-refractivity contribution in [2.24, 2.45) is 0 Å². The van der Waals surface area contributed by atoms with Gasteiger partial charge in [-0.3, -0.25) is 4.79 Å². The molecule has 4 aromatic rings. The average Bonchev–Trinajstić information content (AvgIpc) is 3.51. The molecule has 2 aromatic heterocycles. The maximum atomic E-state index is 12.8. The van der Waals surface area contributed by atoms with Crippen LogP contribution in [0.2, 0.25) is 0 Å². The van der Waals surface area contributed by atoms with E-state index in [1.807, 2.05) is 18.2 Å². The van der Waals surface area contributed by atoms with Crippen LogP contribution in [0.25, 0.3) is 21.7 Å². The highest BCUT2D eigenvalue weighted by Crippen LogP contribution is 2.30. The Balaban J connectivity index is 1.33. The Hall–Kier alpha value is -2.63. The maximum Gasteiger partial charge on any atom is 0.224 e. The molecule has 1 aliphatic rings. The van der Waals surface area contributed by atoms with Crippen LogP contribution in [0.1, 0.15) is 29.3 Å². The Labute approximate surface area is 174 Å². The Bertz CT molecular complexity index is 1130. The van der Waals surface area contributed by atoms with E-state index in [9.17, 15) is 4.79 Å². The number of amides is 1. The zero-order chi connectivity index (χ0) is 19.6. The van der Waals surface area contributed by atoms with Crippen molar-refractivity contribution < 1.29 is 14.1 Å². The van der Waals surface area contributed by atoms with E-state index < -0.39 is 0 Å². The van der Waals surface area contributed by atoms with E-state index in [0.717, 1.165) is 21.9 Å². The topological polar surface area (TPSA) is 46.7 Å². The first kappa shape index (κ1) is 18.4. The van der Waals surface area contributed by atoms with Crippen molar-refractivity contribution in [1.82, 2.24) is 5.32 Å². The number of likely N-dealkylation sites (tertiary alicyclic amines) is 1. The van der Waals surface area contributed by atoms with Crippen LogP contribution in [0.15, 0.2) is 64.6 Å². The second-order valence-electron chi connectivity index (χ2n) is 7.83. The Morgan fingerprint density at radius 3 is 2.79 bits per heavy atom. The standard InChI is InChI=1S/C24H24N2O2S/c27-23(25-15-20(22-8-5-13-29-22)26-11-3-4-12-26)14-18-16-28-21-10-9-17-6-1-2-7-19(17)24(18)21/h1-2,5-10,13,16,20H,3-4,11-12,14-15H2,(H,25,27)/p+1/t20-/m0/s1. The van der Waals surface area contributed by atoms with Crippen LogP contribution in [-0.2, 0) is 11.2 Å². The molecule has 1 amide bonds. The number of furan rings is 1. The number of fused-ring (bicyclic) bond motifs is 3. The number of rotatable bonds is 6. The molecule has 0 bridgehead atoms. The lowest BCUT2D eigenvalue weighted by Gasteiger charge is -2.24. The molecular formula is C24H25N2O2S+. The summed E-state index contributed by atoms with van der Waals surface area (Å²) >= 11 is 1.79. The van der Waals surface area contributed by atoms with E-state index in [2.05, 4.69) is 41.0 Å². The molecule has 1 fully saturated rings. The van der Waals surface area contributed by atoms with Crippen molar-refractivity contribution in [2.45, 2.75) is 25.3 Å².